The lowest BCUT2D eigenvalue weighted by Crippen LogP contribution is -2.16. The molecular formula is C28H25N5O2. The van der Waals surface area contributed by atoms with Crippen LogP contribution in [-0.4, -0.2) is 25.9 Å². The fourth-order valence-corrected chi connectivity index (χ4v) is 3.82. The lowest BCUT2D eigenvalue weighted by atomic mass is 10.1. The monoisotopic (exact) mass is 463 g/mol. The van der Waals surface area contributed by atoms with Gasteiger partial charge in [-0.15, -0.1) is 10.2 Å². The van der Waals surface area contributed by atoms with Gasteiger partial charge in [0.2, 0.25) is 17.7 Å². The molecule has 174 valence electrons. The van der Waals surface area contributed by atoms with Gasteiger partial charge >= 0.3 is 0 Å². The maximum atomic E-state index is 12.8. The maximum absolute atomic E-state index is 12.8. The van der Waals surface area contributed by atoms with Gasteiger partial charge in [0.05, 0.1) is 12.2 Å². The minimum atomic E-state index is -0.144. The predicted octanol–water partition coefficient (Wildman–Crippen LogP) is 5.53. The quantitative estimate of drug-likeness (QED) is 0.327. The van der Waals surface area contributed by atoms with Crippen LogP contribution in [0, 0.1) is 6.92 Å². The molecule has 5 rings (SSSR count). The Balaban J connectivity index is 1.31. The zero-order chi connectivity index (χ0) is 24.0. The first-order chi connectivity index (χ1) is 17.1. The van der Waals surface area contributed by atoms with Crippen LogP contribution in [0.15, 0.2) is 95.4 Å². The molecule has 0 radical (unpaired) electrons. The Morgan fingerprint density at radius 1 is 0.886 bits per heavy atom. The van der Waals surface area contributed by atoms with E-state index in [1.807, 2.05) is 96.5 Å². The van der Waals surface area contributed by atoms with Gasteiger partial charge in [-0.1, -0.05) is 72.3 Å². The van der Waals surface area contributed by atoms with Crippen LogP contribution in [0.2, 0.25) is 0 Å². The van der Waals surface area contributed by atoms with Crippen LogP contribution < -0.4 is 5.32 Å². The first-order valence-corrected chi connectivity index (χ1v) is 11.5. The van der Waals surface area contributed by atoms with Crippen molar-refractivity contribution in [2.45, 2.75) is 26.3 Å². The van der Waals surface area contributed by atoms with Gasteiger partial charge < -0.3 is 9.73 Å². The van der Waals surface area contributed by atoms with Gasteiger partial charge in [0, 0.05) is 30.0 Å². The van der Waals surface area contributed by atoms with Crippen molar-refractivity contribution in [3.8, 4) is 22.7 Å². The predicted molar refractivity (Wildman–Crippen MR) is 135 cm³/mol. The van der Waals surface area contributed by atoms with Crippen molar-refractivity contribution in [2.24, 2.45) is 0 Å². The Morgan fingerprint density at radius 2 is 1.63 bits per heavy atom. The van der Waals surface area contributed by atoms with Crippen LogP contribution in [0.25, 0.3) is 22.7 Å². The first kappa shape index (κ1) is 22.3. The molecule has 0 unspecified atom stereocenters. The molecule has 3 aromatic carbocycles. The molecule has 7 nitrogen and oxygen atoms in total. The second-order valence-corrected chi connectivity index (χ2v) is 8.34. The van der Waals surface area contributed by atoms with E-state index in [1.165, 1.54) is 0 Å². The smallest absolute Gasteiger partial charge is 0.247 e. The fraction of sp³-hybridized carbons (Fsp3) is 0.143. The van der Waals surface area contributed by atoms with Gasteiger partial charge in [-0.3, -0.25) is 4.79 Å². The number of benzene rings is 3. The number of amides is 1. The van der Waals surface area contributed by atoms with Gasteiger partial charge in [0.1, 0.15) is 5.82 Å². The summed E-state index contributed by atoms with van der Waals surface area (Å²) in [5.74, 6) is 1.38. The normalized spacial score (nSPS) is 10.9. The number of hydrogen-bond acceptors (Lipinski definition) is 5. The van der Waals surface area contributed by atoms with Crippen molar-refractivity contribution in [2.75, 3.05) is 5.32 Å². The molecule has 2 aromatic heterocycles. The SMILES string of the molecule is Cc1cccc(-c2cc(NC(=O)CCc3nnc(-c4ccccc4)o3)n(Cc3ccccc3)n2)c1. The van der Waals surface area contributed by atoms with E-state index in [2.05, 4.69) is 21.6 Å². The van der Waals surface area contributed by atoms with Gasteiger partial charge in [-0.25, -0.2) is 4.68 Å². The highest BCUT2D eigenvalue weighted by Gasteiger charge is 2.15. The average molecular weight is 464 g/mol. The number of hydrogen-bond donors (Lipinski definition) is 1. The summed E-state index contributed by atoms with van der Waals surface area (Å²) in [6.45, 7) is 2.60. The summed E-state index contributed by atoms with van der Waals surface area (Å²) in [7, 11) is 0. The number of anilines is 1. The number of carbonyl (C=O) groups excluding carboxylic acids is 1. The molecule has 0 aliphatic heterocycles. The topological polar surface area (TPSA) is 85.8 Å². The van der Waals surface area contributed by atoms with E-state index in [1.54, 1.807) is 0 Å². The largest absolute Gasteiger partial charge is 0.421 e. The number of rotatable bonds is 8. The Kier molecular flexibility index (Phi) is 6.48. The van der Waals surface area contributed by atoms with E-state index in [0.717, 1.165) is 27.9 Å². The van der Waals surface area contributed by atoms with Crippen molar-refractivity contribution in [3.05, 3.63) is 108 Å². The third-order valence-corrected chi connectivity index (χ3v) is 5.59. The zero-order valence-corrected chi connectivity index (χ0v) is 19.4. The molecule has 0 spiro atoms. The van der Waals surface area contributed by atoms with Crippen molar-refractivity contribution in [1.29, 1.82) is 0 Å². The minimum Gasteiger partial charge on any atom is -0.421 e. The Labute approximate surface area is 203 Å². The van der Waals surface area contributed by atoms with E-state index in [9.17, 15) is 4.79 Å². The van der Waals surface area contributed by atoms with E-state index < -0.39 is 0 Å². The lowest BCUT2D eigenvalue weighted by Gasteiger charge is -2.08. The van der Waals surface area contributed by atoms with Crippen molar-refractivity contribution < 1.29 is 9.21 Å². The summed E-state index contributed by atoms with van der Waals surface area (Å²) in [6, 6.07) is 29.7. The number of aromatic nitrogens is 4. The summed E-state index contributed by atoms with van der Waals surface area (Å²) < 4.78 is 7.55. The number of carbonyl (C=O) groups is 1. The maximum Gasteiger partial charge on any atom is 0.247 e. The summed E-state index contributed by atoms with van der Waals surface area (Å²) in [6.07, 6.45) is 0.565. The first-order valence-electron chi connectivity index (χ1n) is 11.5. The van der Waals surface area contributed by atoms with Crippen LogP contribution >= 0.6 is 0 Å². The average Bonchev–Trinajstić information content (AvgIpc) is 3.52. The number of nitrogens with zero attached hydrogens (tertiary/aromatic N) is 4. The van der Waals surface area contributed by atoms with Crippen LogP contribution in [-0.2, 0) is 17.8 Å². The molecule has 0 fully saturated rings. The van der Waals surface area contributed by atoms with Gasteiger partial charge in [0.25, 0.3) is 0 Å². The molecule has 0 saturated carbocycles. The second-order valence-electron chi connectivity index (χ2n) is 8.34. The minimum absolute atomic E-state index is 0.144. The van der Waals surface area contributed by atoms with E-state index in [-0.39, 0.29) is 12.3 Å². The Morgan fingerprint density at radius 3 is 2.40 bits per heavy atom. The third-order valence-electron chi connectivity index (χ3n) is 5.59. The molecule has 2 heterocycles. The molecule has 0 aliphatic rings. The standard InChI is InChI=1S/C28H25N5O2/c1-20-9-8-14-23(17-20)24-18-25(33(32-24)19-21-10-4-2-5-11-21)29-26(34)15-16-27-30-31-28(35-27)22-12-6-3-7-13-22/h2-14,17-18H,15-16,19H2,1H3,(H,29,34). The van der Waals surface area contributed by atoms with E-state index in [4.69, 9.17) is 9.52 Å². The lowest BCUT2D eigenvalue weighted by molar-refractivity contribution is -0.116. The Bertz CT molecular complexity index is 1420. The fourth-order valence-electron chi connectivity index (χ4n) is 3.82. The summed E-state index contributed by atoms with van der Waals surface area (Å²) >= 11 is 0. The molecule has 7 heteroatoms. The van der Waals surface area contributed by atoms with Crippen molar-refractivity contribution in [1.82, 2.24) is 20.0 Å². The molecule has 0 aliphatic carbocycles. The second kappa shape index (κ2) is 10.2. The Hall–Kier alpha value is -4.52. The molecule has 35 heavy (non-hydrogen) atoms. The van der Waals surface area contributed by atoms with Gasteiger partial charge in [-0.2, -0.15) is 5.10 Å². The molecule has 0 atom stereocenters. The summed E-state index contributed by atoms with van der Waals surface area (Å²) in [5.41, 5.74) is 4.92. The molecule has 1 amide bonds. The van der Waals surface area contributed by atoms with Gasteiger partial charge in [-0.05, 0) is 30.7 Å². The van der Waals surface area contributed by atoms with Crippen molar-refractivity contribution >= 4 is 11.7 Å². The van der Waals surface area contributed by atoms with Crippen LogP contribution in [0.1, 0.15) is 23.4 Å². The highest BCUT2D eigenvalue weighted by atomic mass is 16.4. The third kappa shape index (κ3) is 5.52. The van der Waals surface area contributed by atoms with E-state index in [0.29, 0.717) is 30.6 Å². The zero-order valence-electron chi connectivity index (χ0n) is 19.4. The molecule has 0 bridgehead atoms. The molecule has 1 N–H and O–H groups in total. The molecule has 5 aromatic rings. The van der Waals surface area contributed by atoms with Crippen LogP contribution in [0.4, 0.5) is 5.82 Å². The van der Waals surface area contributed by atoms with Crippen LogP contribution in [0.3, 0.4) is 0 Å². The number of aryl methyl sites for hydroxylation is 2. The van der Waals surface area contributed by atoms with Gasteiger partial charge in [0.15, 0.2) is 0 Å². The highest BCUT2D eigenvalue weighted by Crippen LogP contribution is 2.24. The summed E-state index contributed by atoms with van der Waals surface area (Å²) in [5, 5.41) is 16.0. The number of nitrogens with one attached hydrogen (secondary N) is 1. The molecular weight excluding hydrogens is 438 g/mol. The van der Waals surface area contributed by atoms with Crippen LogP contribution in [0.5, 0.6) is 0 Å². The van der Waals surface area contributed by atoms with Crippen molar-refractivity contribution in [3.63, 3.8) is 0 Å². The summed E-state index contributed by atoms with van der Waals surface area (Å²) in [4.78, 5) is 12.8. The van der Waals surface area contributed by atoms with E-state index >= 15 is 0 Å². The highest BCUT2D eigenvalue weighted by molar-refractivity contribution is 5.90. The molecule has 0 saturated heterocycles.